The second-order valence-corrected chi connectivity index (χ2v) is 3.16. The fourth-order valence-electron chi connectivity index (χ4n) is 0.953. The third-order valence-electron chi connectivity index (χ3n) is 1.93. The van der Waals surface area contributed by atoms with Crippen LogP contribution in [0, 0.1) is 5.92 Å². The zero-order chi connectivity index (χ0) is 7.02. The molecule has 1 aliphatic rings. The van der Waals surface area contributed by atoms with Crippen LogP contribution in [0.5, 0.6) is 0 Å². The maximum absolute atomic E-state index is 10.8. The summed E-state index contributed by atoms with van der Waals surface area (Å²) in [6.45, 7) is 4.03. The molecule has 0 aliphatic carbocycles. The van der Waals surface area contributed by atoms with E-state index in [1.54, 1.807) is 0 Å². The van der Waals surface area contributed by atoms with Crippen molar-refractivity contribution in [3.63, 3.8) is 0 Å². The molecule has 0 radical (unpaired) electrons. The molecular formula is C6H11NOS. The Kier molecular flexibility index (Phi) is 1.70. The van der Waals surface area contributed by atoms with Crippen molar-refractivity contribution in [2.45, 2.75) is 25.1 Å². The number of hydrogen-bond acceptors (Lipinski definition) is 2. The van der Waals surface area contributed by atoms with Gasteiger partial charge in [0.25, 0.3) is 0 Å². The highest BCUT2D eigenvalue weighted by molar-refractivity contribution is 7.81. The minimum absolute atomic E-state index is 0.0679. The Morgan fingerprint density at radius 1 is 1.56 bits per heavy atom. The van der Waals surface area contributed by atoms with Gasteiger partial charge in [-0.05, 0) is 12.8 Å². The largest absolute Gasteiger partial charge is 0.352 e. The van der Waals surface area contributed by atoms with Crippen LogP contribution in [0.3, 0.4) is 0 Å². The van der Waals surface area contributed by atoms with Gasteiger partial charge in [-0.1, -0.05) is 6.92 Å². The first-order valence-electron chi connectivity index (χ1n) is 3.11. The van der Waals surface area contributed by atoms with Crippen molar-refractivity contribution in [1.29, 1.82) is 0 Å². The Morgan fingerprint density at radius 3 is 2.22 bits per heavy atom. The molecule has 1 aliphatic heterocycles. The number of nitrogens with one attached hydrogen (secondary N) is 1. The van der Waals surface area contributed by atoms with Gasteiger partial charge < -0.3 is 5.32 Å². The molecule has 0 spiro atoms. The number of thiol groups is 1. The lowest BCUT2D eigenvalue weighted by atomic mass is 10.1. The summed E-state index contributed by atoms with van der Waals surface area (Å²) in [5.74, 6) is 0.430. The Bertz CT molecular complexity index is 137. The van der Waals surface area contributed by atoms with Crippen LogP contribution in [0.25, 0.3) is 0 Å². The topological polar surface area (TPSA) is 29.1 Å². The molecule has 3 heteroatoms. The van der Waals surface area contributed by atoms with E-state index in [2.05, 4.69) is 17.9 Å². The second-order valence-electron chi connectivity index (χ2n) is 2.60. The number of amides is 1. The van der Waals surface area contributed by atoms with E-state index in [1.807, 2.05) is 13.8 Å². The number of hydrogen-bond donors (Lipinski definition) is 2. The number of rotatable bonds is 0. The molecule has 1 rings (SSSR count). The van der Waals surface area contributed by atoms with Gasteiger partial charge in [0.05, 0.1) is 5.25 Å². The minimum atomic E-state index is -0.0972. The second kappa shape index (κ2) is 2.21. The lowest BCUT2D eigenvalue weighted by Gasteiger charge is -2.08. The lowest BCUT2D eigenvalue weighted by Crippen LogP contribution is -2.24. The molecule has 3 atom stereocenters. The van der Waals surface area contributed by atoms with E-state index in [4.69, 9.17) is 0 Å². The van der Waals surface area contributed by atoms with Gasteiger partial charge in [0, 0.05) is 6.04 Å². The predicted octanol–water partition coefficient (Wildman–Crippen LogP) is 0.439. The van der Waals surface area contributed by atoms with Gasteiger partial charge >= 0.3 is 0 Å². The summed E-state index contributed by atoms with van der Waals surface area (Å²) >= 11 is 4.13. The van der Waals surface area contributed by atoms with Crippen LogP contribution in [0.1, 0.15) is 13.8 Å². The average Bonchev–Trinajstić information content (AvgIpc) is 1.98. The molecular weight excluding hydrogens is 134 g/mol. The summed E-state index contributed by atoms with van der Waals surface area (Å²) in [5.41, 5.74) is 0. The van der Waals surface area contributed by atoms with Crippen molar-refractivity contribution in [2.24, 2.45) is 5.92 Å². The molecule has 1 fully saturated rings. The maximum Gasteiger partial charge on any atom is 0.233 e. The average molecular weight is 145 g/mol. The van der Waals surface area contributed by atoms with E-state index < -0.39 is 0 Å². The fourth-order valence-corrected chi connectivity index (χ4v) is 1.29. The van der Waals surface area contributed by atoms with Crippen LogP contribution in [-0.2, 0) is 4.79 Å². The van der Waals surface area contributed by atoms with Crippen LogP contribution in [0.2, 0.25) is 0 Å². The van der Waals surface area contributed by atoms with Crippen molar-refractivity contribution in [3.8, 4) is 0 Å². The first kappa shape index (κ1) is 6.93. The molecule has 0 bridgehead atoms. The van der Waals surface area contributed by atoms with Crippen molar-refractivity contribution in [2.75, 3.05) is 0 Å². The molecule has 1 saturated heterocycles. The number of carbonyl (C=O) groups excluding carboxylic acids is 1. The van der Waals surface area contributed by atoms with Gasteiger partial charge in [-0.15, -0.1) is 0 Å². The van der Waals surface area contributed by atoms with Crippen LogP contribution >= 0.6 is 12.6 Å². The highest BCUT2D eigenvalue weighted by atomic mass is 32.1. The molecule has 0 aromatic heterocycles. The van der Waals surface area contributed by atoms with E-state index in [0.717, 1.165) is 0 Å². The van der Waals surface area contributed by atoms with Crippen LogP contribution in [-0.4, -0.2) is 17.2 Å². The summed E-state index contributed by atoms with van der Waals surface area (Å²) in [6, 6.07) is 0.292. The van der Waals surface area contributed by atoms with Crippen molar-refractivity contribution in [3.05, 3.63) is 0 Å². The van der Waals surface area contributed by atoms with Crippen LogP contribution < -0.4 is 5.32 Å². The molecule has 1 N–H and O–H groups in total. The smallest absolute Gasteiger partial charge is 0.233 e. The van der Waals surface area contributed by atoms with Gasteiger partial charge in [0.2, 0.25) is 5.91 Å². The highest BCUT2D eigenvalue weighted by Gasteiger charge is 2.33. The van der Waals surface area contributed by atoms with Gasteiger partial charge in [-0.25, -0.2) is 0 Å². The summed E-state index contributed by atoms with van der Waals surface area (Å²) in [6.07, 6.45) is 0. The third-order valence-corrected chi connectivity index (χ3v) is 2.63. The minimum Gasteiger partial charge on any atom is -0.352 e. The molecule has 0 saturated carbocycles. The van der Waals surface area contributed by atoms with Gasteiger partial charge in [-0.2, -0.15) is 12.6 Å². The maximum atomic E-state index is 10.8. The van der Waals surface area contributed by atoms with E-state index in [0.29, 0.717) is 12.0 Å². The quantitative estimate of drug-likeness (QED) is 0.476. The zero-order valence-electron chi connectivity index (χ0n) is 5.59. The fraction of sp³-hybridized carbons (Fsp3) is 0.833. The first-order valence-corrected chi connectivity index (χ1v) is 3.63. The zero-order valence-corrected chi connectivity index (χ0v) is 6.48. The summed E-state index contributed by atoms with van der Waals surface area (Å²) in [4.78, 5) is 10.8. The van der Waals surface area contributed by atoms with E-state index in [1.165, 1.54) is 0 Å². The predicted molar refractivity (Wildman–Crippen MR) is 39.5 cm³/mol. The summed E-state index contributed by atoms with van der Waals surface area (Å²) < 4.78 is 0. The van der Waals surface area contributed by atoms with Crippen molar-refractivity contribution in [1.82, 2.24) is 5.32 Å². The Balaban J connectivity index is 2.65. The standard InChI is InChI=1S/C6H11NOS/c1-3-4(2)7-6(8)5(3)9/h3-5,9H,1-2H3,(H,7,8). The van der Waals surface area contributed by atoms with E-state index in [-0.39, 0.29) is 11.2 Å². The van der Waals surface area contributed by atoms with E-state index >= 15 is 0 Å². The summed E-state index contributed by atoms with van der Waals surface area (Å²) in [7, 11) is 0. The summed E-state index contributed by atoms with van der Waals surface area (Å²) in [5, 5.41) is 2.70. The molecule has 1 heterocycles. The van der Waals surface area contributed by atoms with E-state index in [9.17, 15) is 4.79 Å². The SMILES string of the molecule is CC1NC(=O)C(S)C1C. The van der Waals surface area contributed by atoms with Crippen molar-refractivity contribution >= 4 is 18.5 Å². The molecule has 0 aromatic carbocycles. The number of carbonyl (C=O) groups is 1. The van der Waals surface area contributed by atoms with Crippen molar-refractivity contribution < 1.29 is 4.79 Å². The van der Waals surface area contributed by atoms with Crippen LogP contribution in [0.15, 0.2) is 0 Å². The molecule has 1 amide bonds. The Morgan fingerprint density at radius 2 is 2.11 bits per heavy atom. The third kappa shape index (κ3) is 1.06. The first-order chi connectivity index (χ1) is 4.13. The monoisotopic (exact) mass is 145 g/mol. The van der Waals surface area contributed by atoms with Gasteiger partial charge in [-0.3, -0.25) is 4.79 Å². The highest BCUT2D eigenvalue weighted by Crippen LogP contribution is 2.20. The molecule has 2 nitrogen and oxygen atoms in total. The molecule has 52 valence electrons. The molecule has 3 unspecified atom stereocenters. The van der Waals surface area contributed by atoms with Crippen LogP contribution in [0.4, 0.5) is 0 Å². The lowest BCUT2D eigenvalue weighted by molar-refractivity contribution is -0.119. The molecule has 9 heavy (non-hydrogen) atoms. The van der Waals surface area contributed by atoms with Gasteiger partial charge in [0.15, 0.2) is 0 Å². The normalized spacial score (nSPS) is 43.0. The Hall–Kier alpha value is -0.180. The molecule has 0 aromatic rings. The van der Waals surface area contributed by atoms with Gasteiger partial charge in [0.1, 0.15) is 0 Å². The Labute approximate surface area is 60.4 Å².